The first-order valence-electron chi connectivity index (χ1n) is 6.89. The number of nitrogens with one attached hydrogen (secondary N) is 1. The number of hydrogen-bond acceptors (Lipinski definition) is 3. The molecule has 0 saturated carbocycles. The van der Waals surface area contributed by atoms with Crippen LogP contribution in [0.3, 0.4) is 0 Å². The smallest absolute Gasteiger partial charge is 0.336 e. The van der Waals surface area contributed by atoms with E-state index in [4.69, 9.17) is 4.74 Å². The van der Waals surface area contributed by atoms with Gasteiger partial charge in [-0.3, -0.25) is 4.79 Å². The van der Waals surface area contributed by atoms with Gasteiger partial charge in [-0.15, -0.1) is 0 Å². The molecule has 1 aromatic heterocycles. The average Bonchev–Trinajstić information content (AvgIpc) is 2.45. The first-order valence-corrected chi connectivity index (χ1v) is 6.89. The van der Waals surface area contributed by atoms with Gasteiger partial charge in [0.05, 0.1) is 12.7 Å². The van der Waals surface area contributed by atoms with Gasteiger partial charge in [0.15, 0.2) is 0 Å². The van der Waals surface area contributed by atoms with E-state index in [9.17, 15) is 14.7 Å². The molecule has 0 bridgehead atoms. The van der Waals surface area contributed by atoms with Crippen molar-refractivity contribution in [1.82, 2.24) is 4.98 Å². The first kappa shape index (κ1) is 15.8. The van der Waals surface area contributed by atoms with Crippen molar-refractivity contribution >= 4 is 5.97 Å². The number of carboxylic acids is 1. The molecule has 5 nitrogen and oxygen atoms in total. The largest absolute Gasteiger partial charge is 0.497 e. The second-order valence-electron chi connectivity index (χ2n) is 6.07. The highest BCUT2D eigenvalue weighted by Gasteiger charge is 2.26. The van der Waals surface area contributed by atoms with Gasteiger partial charge in [0.2, 0.25) is 0 Å². The van der Waals surface area contributed by atoms with Gasteiger partial charge in [-0.2, -0.15) is 0 Å². The first-order chi connectivity index (χ1) is 10.3. The Morgan fingerprint density at radius 3 is 2.45 bits per heavy atom. The van der Waals surface area contributed by atoms with E-state index in [2.05, 4.69) is 4.98 Å². The number of aromatic carboxylic acids is 1. The number of aromatic amines is 1. The van der Waals surface area contributed by atoms with Crippen LogP contribution < -0.4 is 10.3 Å². The Morgan fingerprint density at radius 2 is 1.95 bits per heavy atom. The Hall–Kier alpha value is -2.56. The molecule has 2 rings (SSSR count). The molecule has 0 aliphatic carbocycles. The third kappa shape index (κ3) is 2.88. The Balaban J connectivity index is 2.94. The molecule has 0 atom stereocenters. The predicted molar refractivity (Wildman–Crippen MR) is 84.7 cm³/mol. The minimum atomic E-state index is -1.09. The molecular formula is C17H19NO4. The fraction of sp³-hybridized carbons (Fsp3) is 0.294. The molecule has 1 aromatic carbocycles. The van der Waals surface area contributed by atoms with Gasteiger partial charge in [-0.25, -0.2) is 4.79 Å². The molecule has 0 amide bonds. The van der Waals surface area contributed by atoms with Crippen LogP contribution >= 0.6 is 0 Å². The van der Waals surface area contributed by atoms with E-state index < -0.39 is 5.97 Å². The summed E-state index contributed by atoms with van der Waals surface area (Å²) < 4.78 is 5.21. The standard InChI is InChI=1S/C17H19NO4/c1-17(2,3)13-9-10(22-4)8-12(16(20)21)14(13)11-6-5-7-18-15(11)19/h5-9H,1-4H3,(H,18,19)(H,20,21). The summed E-state index contributed by atoms with van der Waals surface area (Å²) >= 11 is 0. The Morgan fingerprint density at radius 1 is 1.27 bits per heavy atom. The zero-order valence-electron chi connectivity index (χ0n) is 13.1. The number of benzene rings is 1. The summed E-state index contributed by atoms with van der Waals surface area (Å²) in [5, 5.41) is 9.56. The van der Waals surface area contributed by atoms with Crippen LogP contribution in [0.15, 0.2) is 35.3 Å². The summed E-state index contributed by atoms with van der Waals surface area (Å²) in [6, 6.07) is 6.54. The fourth-order valence-corrected chi connectivity index (χ4v) is 2.40. The molecule has 1 heterocycles. The van der Waals surface area contributed by atoms with Gasteiger partial charge < -0.3 is 14.8 Å². The molecule has 0 radical (unpaired) electrons. The SMILES string of the molecule is COc1cc(C(=O)O)c(-c2ccc[nH]c2=O)c(C(C)(C)C)c1. The third-order valence-corrected chi connectivity index (χ3v) is 3.47. The summed E-state index contributed by atoms with van der Waals surface area (Å²) in [5.74, 6) is -0.638. The molecule has 2 aromatic rings. The number of ether oxygens (including phenoxy) is 1. The van der Waals surface area contributed by atoms with E-state index in [1.807, 2.05) is 20.8 Å². The van der Waals surface area contributed by atoms with E-state index in [0.717, 1.165) is 5.56 Å². The normalized spacial score (nSPS) is 11.3. The lowest BCUT2D eigenvalue weighted by Gasteiger charge is -2.25. The van der Waals surface area contributed by atoms with Crippen molar-refractivity contribution in [3.63, 3.8) is 0 Å². The lowest BCUT2D eigenvalue weighted by molar-refractivity contribution is 0.0697. The zero-order chi connectivity index (χ0) is 16.5. The molecule has 0 fully saturated rings. The maximum Gasteiger partial charge on any atom is 0.336 e. The summed E-state index contributed by atoms with van der Waals surface area (Å²) in [6.45, 7) is 5.90. The quantitative estimate of drug-likeness (QED) is 0.913. The molecule has 0 unspecified atom stereocenters. The fourth-order valence-electron chi connectivity index (χ4n) is 2.40. The molecule has 5 heteroatoms. The van der Waals surface area contributed by atoms with Gasteiger partial charge in [0, 0.05) is 17.3 Å². The monoisotopic (exact) mass is 301 g/mol. The minimum Gasteiger partial charge on any atom is -0.497 e. The van der Waals surface area contributed by atoms with E-state index in [0.29, 0.717) is 16.9 Å². The maximum absolute atomic E-state index is 12.1. The number of H-pyrrole nitrogens is 1. The van der Waals surface area contributed by atoms with E-state index in [-0.39, 0.29) is 16.5 Å². The molecule has 22 heavy (non-hydrogen) atoms. The molecule has 0 spiro atoms. The summed E-state index contributed by atoms with van der Waals surface area (Å²) in [6.07, 6.45) is 1.52. The minimum absolute atomic E-state index is 0.0565. The Labute approximate surface area is 128 Å². The van der Waals surface area contributed by atoms with E-state index >= 15 is 0 Å². The van der Waals surface area contributed by atoms with Gasteiger partial charge in [-0.05, 0) is 35.2 Å². The lowest BCUT2D eigenvalue weighted by Crippen LogP contribution is -2.19. The summed E-state index contributed by atoms with van der Waals surface area (Å²) in [7, 11) is 1.49. The average molecular weight is 301 g/mol. The van der Waals surface area contributed by atoms with Crippen molar-refractivity contribution in [2.75, 3.05) is 7.11 Å². The third-order valence-electron chi connectivity index (χ3n) is 3.47. The highest BCUT2D eigenvalue weighted by atomic mass is 16.5. The number of pyridine rings is 1. The van der Waals surface area contributed by atoms with Gasteiger partial charge in [0.1, 0.15) is 5.75 Å². The number of rotatable bonds is 3. The second-order valence-corrected chi connectivity index (χ2v) is 6.07. The lowest BCUT2D eigenvalue weighted by atomic mass is 9.80. The topological polar surface area (TPSA) is 79.4 Å². The van der Waals surface area contributed by atoms with Crippen LogP contribution in [0.25, 0.3) is 11.1 Å². The van der Waals surface area contributed by atoms with Crippen molar-refractivity contribution < 1.29 is 14.6 Å². The van der Waals surface area contributed by atoms with Gasteiger partial charge in [0.25, 0.3) is 5.56 Å². The number of carbonyl (C=O) groups is 1. The number of carboxylic acid groups (broad SMARTS) is 1. The van der Waals surface area contributed by atoms with Crippen LogP contribution in [0.5, 0.6) is 5.75 Å². The Bertz CT molecular complexity index is 769. The maximum atomic E-state index is 12.1. The second kappa shape index (κ2) is 5.67. The van der Waals surface area contributed by atoms with Gasteiger partial charge >= 0.3 is 5.97 Å². The van der Waals surface area contributed by atoms with Crippen molar-refractivity contribution in [2.45, 2.75) is 26.2 Å². The van der Waals surface area contributed by atoms with Crippen LogP contribution in [0.4, 0.5) is 0 Å². The van der Waals surface area contributed by atoms with Crippen LogP contribution in [-0.4, -0.2) is 23.2 Å². The summed E-state index contributed by atoms with van der Waals surface area (Å²) in [5.41, 5.74) is 0.911. The van der Waals surface area contributed by atoms with Crippen LogP contribution in [0.2, 0.25) is 0 Å². The van der Waals surface area contributed by atoms with Gasteiger partial charge in [-0.1, -0.05) is 20.8 Å². The number of hydrogen-bond donors (Lipinski definition) is 2. The highest BCUT2D eigenvalue weighted by molar-refractivity contribution is 5.97. The number of methoxy groups -OCH3 is 1. The van der Waals surface area contributed by atoms with Crippen molar-refractivity contribution in [3.05, 3.63) is 51.9 Å². The van der Waals surface area contributed by atoms with Crippen molar-refractivity contribution in [2.24, 2.45) is 0 Å². The number of aromatic nitrogens is 1. The molecule has 0 saturated heterocycles. The van der Waals surface area contributed by atoms with E-state index in [1.165, 1.54) is 19.4 Å². The predicted octanol–water partition coefficient (Wildman–Crippen LogP) is 3.05. The van der Waals surface area contributed by atoms with Crippen LogP contribution in [0, 0.1) is 0 Å². The van der Waals surface area contributed by atoms with E-state index in [1.54, 1.807) is 18.2 Å². The van der Waals surface area contributed by atoms with Crippen molar-refractivity contribution in [1.29, 1.82) is 0 Å². The molecular weight excluding hydrogens is 282 g/mol. The van der Waals surface area contributed by atoms with Crippen molar-refractivity contribution in [3.8, 4) is 16.9 Å². The van der Waals surface area contributed by atoms with Crippen LogP contribution in [-0.2, 0) is 5.41 Å². The molecule has 0 aliphatic heterocycles. The molecule has 2 N–H and O–H groups in total. The molecule has 0 aliphatic rings. The summed E-state index contributed by atoms with van der Waals surface area (Å²) in [4.78, 5) is 26.4. The molecule has 116 valence electrons. The Kier molecular flexibility index (Phi) is 4.08. The zero-order valence-corrected chi connectivity index (χ0v) is 13.1. The highest BCUT2D eigenvalue weighted by Crippen LogP contribution is 2.37. The van der Waals surface area contributed by atoms with Crippen LogP contribution in [0.1, 0.15) is 36.7 Å².